The van der Waals surface area contributed by atoms with Crippen molar-refractivity contribution in [1.82, 2.24) is 20.1 Å². The van der Waals surface area contributed by atoms with Crippen molar-refractivity contribution >= 4 is 27.5 Å². The van der Waals surface area contributed by atoms with Gasteiger partial charge in [0.2, 0.25) is 5.91 Å². The summed E-state index contributed by atoms with van der Waals surface area (Å²) in [6.07, 6.45) is 0.465. The minimum Gasteiger partial charge on any atom is -0.352 e. The maximum absolute atomic E-state index is 12.5. The molecule has 0 aliphatic carbocycles. The summed E-state index contributed by atoms with van der Waals surface area (Å²) in [6, 6.07) is 16.0. The van der Waals surface area contributed by atoms with Gasteiger partial charge in [0.15, 0.2) is 20.8 Å². The summed E-state index contributed by atoms with van der Waals surface area (Å²) in [5, 5.41) is 12.3. The SMILES string of the molecule is Cc1ccccc1-n1c(SCC(=O)N[C@H]2CCS(=O)(=O)C2)nnc1-c1ccc(C(C)(C)C)cc1. The third kappa shape index (κ3) is 5.52. The van der Waals surface area contributed by atoms with Crippen molar-refractivity contribution in [2.45, 2.75) is 50.7 Å². The molecule has 1 fully saturated rings. The van der Waals surface area contributed by atoms with Crippen LogP contribution in [0.15, 0.2) is 53.7 Å². The molecule has 1 aliphatic rings. The van der Waals surface area contributed by atoms with Gasteiger partial charge >= 0.3 is 0 Å². The van der Waals surface area contributed by atoms with Crippen LogP contribution in [0.4, 0.5) is 0 Å². The number of amides is 1. The number of sulfone groups is 1. The smallest absolute Gasteiger partial charge is 0.230 e. The van der Waals surface area contributed by atoms with E-state index in [1.807, 2.05) is 35.8 Å². The van der Waals surface area contributed by atoms with Crippen LogP contribution in [0.3, 0.4) is 0 Å². The predicted molar refractivity (Wildman–Crippen MR) is 136 cm³/mol. The van der Waals surface area contributed by atoms with Crippen LogP contribution in [0.25, 0.3) is 17.1 Å². The molecule has 0 bridgehead atoms. The zero-order chi connectivity index (χ0) is 24.5. The Morgan fingerprint density at radius 3 is 2.44 bits per heavy atom. The maximum Gasteiger partial charge on any atom is 0.230 e. The van der Waals surface area contributed by atoms with E-state index in [1.165, 1.54) is 17.3 Å². The van der Waals surface area contributed by atoms with E-state index in [4.69, 9.17) is 0 Å². The third-order valence-corrected chi connectivity index (χ3v) is 8.63. The van der Waals surface area contributed by atoms with Gasteiger partial charge in [-0.15, -0.1) is 10.2 Å². The van der Waals surface area contributed by atoms with Crippen LogP contribution in [0.5, 0.6) is 0 Å². The molecule has 1 aromatic heterocycles. The van der Waals surface area contributed by atoms with E-state index in [0.29, 0.717) is 17.4 Å². The summed E-state index contributed by atoms with van der Waals surface area (Å²) in [6.45, 7) is 8.57. The fourth-order valence-corrected chi connectivity index (χ4v) is 6.44. The zero-order valence-electron chi connectivity index (χ0n) is 19.9. The van der Waals surface area contributed by atoms with Crippen LogP contribution in [-0.2, 0) is 20.0 Å². The average molecular weight is 499 g/mol. The van der Waals surface area contributed by atoms with Gasteiger partial charge in [-0.05, 0) is 36.0 Å². The summed E-state index contributed by atoms with van der Waals surface area (Å²) >= 11 is 1.29. The minimum atomic E-state index is -3.04. The molecule has 2 aromatic carbocycles. The van der Waals surface area contributed by atoms with Crippen molar-refractivity contribution in [2.24, 2.45) is 0 Å². The molecule has 0 saturated carbocycles. The Morgan fingerprint density at radius 2 is 1.82 bits per heavy atom. The highest BCUT2D eigenvalue weighted by Gasteiger charge is 2.29. The van der Waals surface area contributed by atoms with Gasteiger partial charge in [-0.1, -0.05) is 75.0 Å². The molecule has 1 saturated heterocycles. The molecule has 0 radical (unpaired) electrons. The van der Waals surface area contributed by atoms with E-state index in [-0.39, 0.29) is 34.6 Å². The molecule has 7 nitrogen and oxygen atoms in total. The number of carbonyl (C=O) groups excluding carboxylic acids is 1. The standard InChI is InChI=1S/C25H30N4O3S2/c1-17-7-5-6-8-21(17)29-23(18-9-11-19(12-10-18)25(2,3)4)27-28-24(29)33-15-22(30)26-20-13-14-34(31,32)16-20/h5-12,20H,13-16H2,1-4H3,(H,26,30)/t20-/m0/s1. The quantitative estimate of drug-likeness (QED) is 0.518. The number of thioether (sulfide) groups is 1. The van der Waals surface area contributed by atoms with E-state index in [1.54, 1.807) is 0 Å². The number of nitrogens with one attached hydrogen (secondary N) is 1. The third-order valence-electron chi connectivity index (χ3n) is 5.93. The molecule has 1 amide bonds. The fourth-order valence-electron chi connectivity index (χ4n) is 4.01. The number of aryl methyl sites for hydroxylation is 1. The number of hydrogen-bond donors (Lipinski definition) is 1. The van der Waals surface area contributed by atoms with E-state index >= 15 is 0 Å². The lowest BCUT2D eigenvalue weighted by Crippen LogP contribution is -2.36. The topological polar surface area (TPSA) is 94.0 Å². The van der Waals surface area contributed by atoms with Gasteiger partial charge in [-0.25, -0.2) is 8.42 Å². The summed E-state index contributed by atoms with van der Waals surface area (Å²) in [4.78, 5) is 12.5. The van der Waals surface area contributed by atoms with Gasteiger partial charge in [-0.3, -0.25) is 9.36 Å². The summed E-state index contributed by atoms with van der Waals surface area (Å²) in [5.41, 5.74) is 4.24. The Hall–Kier alpha value is -2.65. The zero-order valence-corrected chi connectivity index (χ0v) is 21.5. The fraction of sp³-hybridized carbons (Fsp3) is 0.400. The number of para-hydroxylation sites is 1. The second-order valence-corrected chi connectivity index (χ2v) is 12.9. The molecular formula is C25H30N4O3S2. The van der Waals surface area contributed by atoms with Gasteiger partial charge in [0.05, 0.1) is 22.9 Å². The molecule has 9 heteroatoms. The van der Waals surface area contributed by atoms with Crippen molar-refractivity contribution in [3.63, 3.8) is 0 Å². The number of aromatic nitrogens is 3. The highest BCUT2D eigenvalue weighted by atomic mass is 32.2. The van der Waals surface area contributed by atoms with Crippen molar-refractivity contribution in [3.05, 3.63) is 59.7 Å². The Bertz CT molecular complexity index is 1290. The maximum atomic E-state index is 12.5. The lowest BCUT2D eigenvalue weighted by atomic mass is 9.87. The largest absolute Gasteiger partial charge is 0.352 e. The van der Waals surface area contributed by atoms with Crippen LogP contribution in [-0.4, -0.2) is 52.4 Å². The first-order valence-corrected chi connectivity index (χ1v) is 14.1. The molecule has 4 rings (SSSR count). The van der Waals surface area contributed by atoms with Gasteiger partial charge in [-0.2, -0.15) is 0 Å². The Balaban J connectivity index is 1.60. The summed E-state index contributed by atoms with van der Waals surface area (Å²) in [5.74, 6) is 0.771. The summed E-state index contributed by atoms with van der Waals surface area (Å²) in [7, 11) is -3.04. The summed E-state index contributed by atoms with van der Waals surface area (Å²) < 4.78 is 25.3. The van der Waals surface area contributed by atoms with Gasteiger partial charge in [0, 0.05) is 11.6 Å². The first-order valence-electron chi connectivity index (χ1n) is 11.3. The van der Waals surface area contributed by atoms with Gasteiger partial charge < -0.3 is 5.32 Å². The number of hydrogen-bond acceptors (Lipinski definition) is 6. The molecule has 1 N–H and O–H groups in total. The molecule has 0 unspecified atom stereocenters. The van der Waals surface area contributed by atoms with Crippen molar-refractivity contribution in [1.29, 1.82) is 0 Å². The second kappa shape index (κ2) is 9.54. The predicted octanol–water partition coefficient (Wildman–Crippen LogP) is 3.94. The normalized spacial score (nSPS) is 17.6. The van der Waals surface area contributed by atoms with Crippen LogP contribution in [0.2, 0.25) is 0 Å². The van der Waals surface area contributed by atoms with E-state index < -0.39 is 9.84 Å². The first kappa shape index (κ1) is 24.5. The number of benzene rings is 2. The Labute approximate surface area is 205 Å². The first-order chi connectivity index (χ1) is 16.0. The van der Waals surface area contributed by atoms with E-state index in [0.717, 1.165) is 16.8 Å². The minimum absolute atomic E-state index is 0.0114. The molecule has 1 aliphatic heterocycles. The molecule has 2 heterocycles. The van der Waals surface area contributed by atoms with Gasteiger partial charge in [0.1, 0.15) is 0 Å². The monoisotopic (exact) mass is 498 g/mol. The Kier molecular flexibility index (Phi) is 6.87. The number of carbonyl (C=O) groups is 1. The van der Waals surface area contributed by atoms with Gasteiger partial charge in [0.25, 0.3) is 0 Å². The Morgan fingerprint density at radius 1 is 1.12 bits per heavy atom. The van der Waals surface area contributed by atoms with Crippen LogP contribution in [0.1, 0.15) is 38.3 Å². The van der Waals surface area contributed by atoms with Crippen LogP contribution >= 0.6 is 11.8 Å². The van der Waals surface area contributed by atoms with Crippen molar-refractivity contribution in [3.8, 4) is 17.1 Å². The second-order valence-electron chi connectivity index (χ2n) is 9.71. The van der Waals surface area contributed by atoms with Crippen LogP contribution < -0.4 is 5.32 Å². The molecule has 3 aromatic rings. The number of rotatable bonds is 6. The molecule has 1 atom stereocenters. The average Bonchev–Trinajstić information content (AvgIpc) is 3.34. The lowest BCUT2D eigenvalue weighted by molar-refractivity contribution is -0.119. The lowest BCUT2D eigenvalue weighted by Gasteiger charge is -2.19. The van der Waals surface area contributed by atoms with Crippen molar-refractivity contribution in [2.75, 3.05) is 17.3 Å². The molecule has 0 spiro atoms. The van der Waals surface area contributed by atoms with E-state index in [2.05, 4.69) is 60.6 Å². The highest BCUT2D eigenvalue weighted by molar-refractivity contribution is 7.99. The molecular weight excluding hydrogens is 468 g/mol. The number of nitrogens with zero attached hydrogens (tertiary/aromatic N) is 3. The van der Waals surface area contributed by atoms with Crippen molar-refractivity contribution < 1.29 is 13.2 Å². The highest BCUT2D eigenvalue weighted by Crippen LogP contribution is 2.31. The van der Waals surface area contributed by atoms with Crippen LogP contribution in [0, 0.1) is 6.92 Å². The van der Waals surface area contributed by atoms with E-state index in [9.17, 15) is 13.2 Å². The molecule has 34 heavy (non-hydrogen) atoms. The molecule has 180 valence electrons.